The van der Waals surface area contributed by atoms with E-state index in [0.717, 1.165) is 29.2 Å². The number of ether oxygens (including phenoxy) is 3. The SMILES string of the molecule is CC/C(Nc1ccc(OCCN(C)C)cc1)=C1/C(=O)Nc2cc(OC)c(OC)cc21. The van der Waals surface area contributed by atoms with Gasteiger partial charge < -0.3 is 29.7 Å². The average molecular weight is 412 g/mol. The third-order valence-corrected chi connectivity index (χ3v) is 4.88. The number of carbonyl (C=O) groups excluding carboxylic acids is 1. The first-order valence-electron chi connectivity index (χ1n) is 9.92. The van der Waals surface area contributed by atoms with Gasteiger partial charge in [-0.1, -0.05) is 6.92 Å². The minimum Gasteiger partial charge on any atom is -0.493 e. The maximum absolute atomic E-state index is 12.7. The highest BCUT2D eigenvalue weighted by Gasteiger charge is 2.29. The Bertz CT molecular complexity index is 936. The van der Waals surface area contributed by atoms with Crippen LogP contribution >= 0.6 is 0 Å². The Morgan fingerprint density at radius 3 is 2.33 bits per heavy atom. The van der Waals surface area contributed by atoms with Gasteiger partial charge in [0.15, 0.2) is 11.5 Å². The lowest BCUT2D eigenvalue weighted by molar-refractivity contribution is -0.110. The summed E-state index contributed by atoms with van der Waals surface area (Å²) in [6.07, 6.45) is 0.664. The summed E-state index contributed by atoms with van der Waals surface area (Å²) in [6, 6.07) is 11.4. The third kappa shape index (κ3) is 4.68. The standard InChI is InChI=1S/C23H29N3O4/c1-6-18(24-15-7-9-16(10-8-15)30-12-11-26(2)3)22-17-13-20(28-4)21(29-5)14-19(17)25-23(22)27/h7-10,13-14,24H,6,11-12H2,1-5H3,(H,25,27)/b22-18-. The second kappa shape index (κ2) is 9.54. The number of nitrogens with zero attached hydrogens (tertiary/aromatic N) is 1. The summed E-state index contributed by atoms with van der Waals surface area (Å²) in [5, 5.41) is 6.31. The molecule has 0 spiro atoms. The molecule has 0 saturated carbocycles. The number of amides is 1. The van der Waals surface area contributed by atoms with Gasteiger partial charge in [-0.2, -0.15) is 0 Å². The minimum atomic E-state index is -0.145. The van der Waals surface area contributed by atoms with E-state index in [4.69, 9.17) is 14.2 Å². The number of benzene rings is 2. The van der Waals surface area contributed by atoms with E-state index in [-0.39, 0.29) is 5.91 Å². The monoisotopic (exact) mass is 411 g/mol. The molecule has 1 aliphatic heterocycles. The lowest BCUT2D eigenvalue weighted by atomic mass is 10.0. The van der Waals surface area contributed by atoms with E-state index < -0.39 is 0 Å². The maximum atomic E-state index is 12.7. The fraction of sp³-hybridized carbons (Fsp3) is 0.348. The van der Waals surface area contributed by atoms with Crippen molar-refractivity contribution in [3.63, 3.8) is 0 Å². The smallest absolute Gasteiger partial charge is 0.258 e. The van der Waals surface area contributed by atoms with Gasteiger partial charge in [0.05, 0.1) is 25.5 Å². The highest BCUT2D eigenvalue weighted by molar-refractivity contribution is 6.32. The number of likely N-dealkylation sites (N-methyl/N-ethyl adjacent to an activating group) is 1. The zero-order valence-electron chi connectivity index (χ0n) is 18.2. The number of nitrogens with one attached hydrogen (secondary N) is 2. The van der Waals surface area contributed by atoms with E-state index in [2.05, 4.69) is 15.5 Å². The molecule has 3 rings (SSSR count). The molecule has 0 aliphatic carbocycles. The fourth-order valence-electron chi connectivity index (χ4n) is 3.28. The molecule has 0 saturated heterocycles. The summed E-state index contributed by atoms with van der Waals surface area (Å²) in [6.45, 7) is 3.50. The van der Waals surface area contributed by atoms with Gasteiger partial charge in [-0.15, -0.1) is 0 Å². The second-order valence-corrected chi connectivity index (χ2v) is 7.22. The van der Waals surface area contributed by atoms with Crippen LogP contribution in [-0.4, -0.2) is 52.3 Å². The van der Waals surface area contributed by atoms with Crippen LogP contribution < -0.4 is 24.8 Å². The van der Waals surface area contributed by atoms with Crippen LogP contribution in [0.1, 0.15) is 18.9 Å². The highest BCUT2D eigenvalue weighted by Crippen LogP contribution is 2.42. The van der Waals surface area contributed by atoms with Crippen LogP contribution in [0.15, 0.2) is 42.1 Å². The molecule has 0 bridgehead atoms. The summed E-state index contributed by atoms with van der Waals surface area (Å²) < 4.78 is 16.5. The number of hydrogen-bond acceptors (Lipinski definition) is 6. The van der Waals surface area contributed by atoms with Gasteiger partial charge in [0.2, 0.25) is 0 Å². The van der Waals surface area contributed by atoms with Gasteiger partial charge in [-0.05, 0) is 50.8 Å². The number of allylic oxidation sites excluding steroid dienone is 1. The Labute approximate surface area is 177 Å². The number of fused-ring (bicyclic) bond motifs is 1. The molecule has 30 heavy (non-hydrogen) atoms. The molecule has 2 aromatic rings. The second-order valence-electron chi connectivity index (χ2n) is 7.22. The lowest BCUT2D eigenvalue weighted by Crippen LogP contribution is -2.19. The van der Waals surface area contributed by atoms with E-state index in [1.807, 2.05) is 51.4 Å². The predicted molar refractivity (Wildman–Crippen MR) is 120 cm³/mol. The van der Waals surface area contributed by atoms with Gasteiger partial charge in [0.1, 0.15) is 12.4 Å². The van der Waals surface area contributed by atoms with Gasteiger partial charge in [0.25, 0.3) is 5.91 Å². The van der Waals surface area contributed by atoms with Crippen molar-refractivity contribution in [3.05, 3.63) is 47.7 Å². The van der Waals surface area contributed by atoms with Crippen molar-refractivity contribution in [3.8, 4) is 17.2 Å². The zero-order chi connectivity index (χ0) is 21.7. The largest absolute Gasteiger partial charge is 0.493 e. The molecule has 7 nitrogen and oxygen atoms in total. The summed E-state index contributed by atoms with van der Waals surface area (Å²) in [5.41, 5.74) is 3.84. The van der Waals surface area contributed by atoms with Crippen molar-refractivity contribution in [2.24, 2.45) is 0 Å². The van der Waals surface area contributed by atoms with E-state index in [1.165, 1.54) is 0 Å². The summed E-state index contributed by atoms with van der Waals surface area (Å²) >= 11 is 0. The van der Waals surface area contributed by atoms with Gasteiger partial charge in [0, 0.05) is 29.6 Å². The van der Waals surface area contributed by atoms with Gasteiger partial charge >= 0.3 is 0 Å². The first-order chi connectivity index (χ1) is 14.5. The zero-order valence-corrected chi connectivity index (χ0v) is 18.2. The molecule has 1 heterocycles. The maximum Gasteiger partial charge on any atom is 0.258 e. The summed E-state index contributed by atoms with van der Waals surface area (Å²) in [7, 11) is 7.18. The molecule has 2 N–H and O–H groups in total. The van der Waals surface area contributed by atoms with Gasteiger partial charge in [-0.3, -0.25) is 4.79 Å². The Hall–Kier alpha value is -3.19. The summed E-state index contributed by atoms with van der Waals surface area (Å²) in [4.78, 5) is 14.8. The first-order valence-corrected chi connectivity index (χ1v) is 9.92. The molecule has 0 unspecified atom stereocenters. The number of methoxy groups -OCH3 is 2. The van der Waals surface area contributed by atoms with E-state index in [0.29, 0.717) is 35.8 Å². The van der Waals surface area contributed by atoms with Crippen molar-refractivity contribution >= 4 is 22.9 Å². The van der Waals surface area contributed by atoms with Crippen molar-refractivity contribution < 1.29 is 19.0 Å². The molecular formula is C23H29N3O4. The van der Waals surface area contributed by atoms with Crippen LogP contribution in [0.4, 0.5) is 11.4 Å². The topological polar surface area (TPSA) is 72.1 Å². The molecular weight excluding hydrogens is 382 g/mol. The fourth-order valence-corrected chi connectivity index (χ4v) is 3.28. The number of rotatable bonds is 9. The number of carbonyl (C=O) groups is 1. The Morgan fingerprint density at radius 2 is 1.73 bits per heavy atom. The molecule has 0 radical (unpaired) electrons. The van der Waals surface area contributed by atoms with Crippen LogP contribution in [0.25, 0.3) is 5.57 Å². The Morgan fingerprint density at radius 1 is 1.07 bits per heavy atom. The number of anilines is 2. The highest BCUT2D eigenvalue weighted by atomic mass is 16.5. The predicted octanol–water partition coefficient (Wildman–Crippen LogP) is 3.83. The van der Waals surface area contributed by atoms with E-state index in [9.17, 15) is 4.79 Å². The van der Waals surface area contributed by atoms with E-state index >= 15 is 0 Å². The van der Waals surface area contributed by atoms with Crippen molar-refractivity contribution in [1.82, 2.24) is 4.90 Å². The normalized spacial score (nSPS) is 14.3. The molecule has 0 fully saturated rings. The van der Waals surface area contributed by atoms with Crippen LogP contribution in [0.5, 0.6) is 17.2 Å². The third-order valence-electron chi connectivity index (χ3n) is 4.88. The quantitative estimate of drug-likeness (QED) is 0.611. The molecule has 1 amide bonds. The average Bonchev–Trinajstić information content (AvgIpc) is 3.06. The molecule has 0 aromatic heterocycles. The molecule has 2 aromatic carbocycles. The van der Waals surface area contributed by atoms with Crippen molar-refractivity contribution in [1.29, 1.82) is 0 Å². The van der Waals surface area contributed by atoms with Gasteiger partial charge in [-0.25, -0.2) is 0 Å². The van der Waals surface area contributed by atoms with Crippen LogP contribution in [-0.2, 0) is 4.79 Å². The Balaban J connectivity index is 1.84. The Kier molecular flexibility index (Phi) is 6.84. The summed E-state index contributed by atoms with van der Waals surface area (Å²) in [5.74, 6) is 1.83. The van der Waals surface area contributed by atoms with E-state index in [1.54, 1.807) is 20.3 Å². The van der Waals surface area contributed by atoms with Crippen LogP contribution in [0, 0.1) is 0 Å². The van der Waals surface area contributed by atoms with Crippen LogP contribution in [0.2, 0.25) is 0 Å². The molecule has 160 valence electrons. The van der Waals surface area contributed by atoms with Crippen LogP contribution in [0.3, 0.4) is 0 Å². The minimum absolute atomic E-state index is 0.145. The molecule has 0 atom stereocenters. The molecule has 1 aliphatic rings. The lowest BCUT2D eigenvalue weighted by Gasteiger charge is -2.14. The number of hydrogen-bond donors (Lipinski definition) is 2. The van der Waals surface area contributed by atoms with Crippen molar-refractivity contribution in [2.75, 3.05) is 52.1 Å². The van der Waals surface area contributed by atoms with Crippen molar-refractivity contribution in [2.45, 2.75) is 13.3 Å². The molecule has 7 heteroatoms. The first kappa shape index (κ1) is 21.5.